The molecule has 9 heteroatoms. The van der Waals surface area contributed by atoms with Crippen molar-refractivity contribution >= 4 is 29.5 Å². The molecular formula is C21H30ClN3O5. The van der Waals surface area contributed by atoms with Crippen LogP contribution in [-0.4, -0.2) is 61.2 Å². The van der Waals surface area contributed by atoms with Crippen molar-refractivity contribution in [3.05, 3.63) is 28.8 Å². The first-order valence-electron chi connectivity index (χ1n) is 9.98. The number of ether oxygens (including phenoxy) is 2. The van der Waals surface area contributed by atoms with Crippen LogP contribution in [0.4, 0.5) is 4.79 Å². The van der Waals surface area contributed by atoms with Gasteiger partial charge in [-0.2, -0.15) is 0 Å². The highest BCUT2D eigenvalue weighted by Gasteiger charge is 2.25. The van der Waals surface area contributed by atoms with Gasteiger partial charge in [0.15, 0.2) is 0 Å². The zero-order valence-corrected chi connectivity index (χ0v) is 18.7. The van der Waals surface area contributed by atoms with E-state index in [1.165, 1.54) is 7.11 Å². The molecule has 1 aliphatic heterocycles. The zero-order valence-electron chi connectivity index (χ0n) is 17.9. The van der Waals surface area contributed by atoms with E-state index in [4.69, 9.17) is 21.1 Å². The van der Waals surface area contributed by atoms with Gasteiger partial charge in [0, 0.05) is 37.1 Å². The lowest BCUT2D eigenvalue weighted by atomic mass is 10.0. The van der Waals surface area contributed by atoms with Crippen LogP contribution in [0, 0.1) is 0 Å². The molecule has 0 radical (unpaired) electrons. The normalized spacial score (nSPS) is 14.8. The highest BCUT2D eigenvalue weighted by molar-refractivity contribution is 6.31. The fourth-order valence-electron chi connectivity index (χ4n) is 3.14. The molecule has 0 bridgehead atoms. The van der Waals surface area contributed by atoms with Crippen LogP contribution in [0.3, 0.4) is 0 Å². The number of nitrogens with one attached hydrogen (secondary N) is 2. The van der Waals surface area contributed by atoms with E-state index in [2.05, 4.69) is 10.6 Å². The Labute approximate surface area is 182 Å². The predicted octanol–water partition coefficient (Wildman–Crippen LogP) is 2.98. The summed E-state index contributed by atoms with van der Waals surface area (Å²) < 4.78 is 10.4. The minimum absolute atomic E-state index is 0.0349. The van der Waals surface area contributed by atoms with Gasteiger partial charge in [-0.25, -0.2) is 4.79 Å². The summed E-state index contributed by atoms with van der Waals surface area (Å²) in [6, 6.07) is 4.86. The van der Waals surface area contributed by atoms with Crippen LogP contribution in [0.5, 0.6) is 5.75 Å². The minimum Gasteiger partial charge on any atom is -0.496 e. The minimum atomic E-state index is -0.574. The number of methoxy groups -OCH3 is 1. The predicted molar refractivity (Wildman–Crippen MR) is 114 cm³/mol. The Morgan fingerprint density at radius 2 is 1.87 bits per heavy atom. The van der Waals surface area contributed by atoms with Crippen LogP contribution < -0.4 is 15.4 Å². The first kappa shape index (κ1) is 23.8. The lowest BCUT2D eigenvalue weighted by Crippen LogP contribution is -2.47. The van der Waals surface area contributed by atoms with Crippen molar-refractivity contribution in [2.24, 2.45) is 0 Å². The van der Waals surface area contributed by atoms with Gasteiger partial charge in [-0.3, -0.25) is 9.59 Å². The van der Waals surface area contributed by atoms with E-state index in [1.807, 2.05) is 0 Å². The van der Waals surface area contributed by atoms with Gasteiger partial charge >= 0.3 is 6.09 Å². The number of carbonyl (C=O) groups is 3. The molecule has 30 heavy (non-hydrogen) atoms. The maximum Gasteiger partial charge on any atom is 0.407 e. The van der Waals surface area contributed by atoms with Gasteiger partial charge in [0.1, 0.15) is 11.4 Å². The van der Waals surface area contributed by atoms with E-state index in [1.54, 1.807) is 43.9 Å². The summed E-state index contributed by atoms with van der Waals surface area (Å²) in [4.78, 5) is 38.3. The number of benzene rings is 1. The molecular weight excluding hydrogens is 410 g/mol. The lowest BCUT2D eigenvalue weighted by Gasteiger charge is -2.32. The third kappa shape index (κ3) is 7.40. The van der Waals surface area contributed by atoms with E-state index in [0.29, 0.717) is 42.3 Å². The fourth-order valence-corrected chi connectivity index (χ4v) is 3.31. The number of alkyl carbamates (subject to hydrolysis) is 1. The van der Waals surface area contributed by atoms with Gasteiger partial charge in [0.05, 0.1) is 12.7 Å². The van der Waals surface area contributed by atoms with Crippen LogP contribution in [0.2, 0.25) is 5.02 Å². The van der Waals surface area contributed by atoms with E-state index >= 15 is 0 Å². The molecule has 1 aromatic carbocycles. The Balaban J connectivity index is 1.75. The summed E-state index contributed by atoms with van der Waals surface area (Å²) in [6.07, 6.45) is 0.976. The number of likely N-dealkylation sites (tertiary alicyclic amines) is 1. The first-order valence-corrected chi connectivity index (χ1v) is 10.4. The Kier molecular flexibility index (Phi) is 8.34. The average molecular weight is 440 g/mol. The van der Waals surface area contributed by atoms with Gasteiger partial charge in [0.25, 0.3) is 5.91 Å². The summed E-state index contributed by atoms with van der Waals surface area (Å²) in [7, 11) is 1.50. The molecule has 1 saturated heterocycles. The van der Waals surface area contributed by atoms with Crippen molar-refractivity contribution < 1.29 is 23.9 Å². The van der Waals surface area contributed by atoms with Gasteiger partial charge in [-0.1, -0.05) is 11.6 Å². The van der Waals surface area contributed by atoms with Crippen molar-refractivity contribution in [2.75, 3.05) is 26.7 Å². The van der Waals surface area contributed by atoms with Crippen molar-refractivity contribution in [1.29, 1.82) is 0 Å². The van der Waals surface area contributed by atoms with Gasteiger partial charge in [-0.15, -0.1) is 0 Å². The molecule has 2 N–H and O–H groups in total. The number of amides is 3. The summed E-state index contributed by atoms with van der Waals surface area (Å²) in [6.45, 7) is 6.65. The zero-order chi connectivity index (χ0) is 22.3. The molecule has 0 aromatic heterocycles. The molecule has 3 amide bonds. The highest BCUT2D eigenvalue weighted by atomic mass is 35.5. The van der Waals surface area contributed by atoms with E-state index in [-0.39, 0.29) is 30.8 Å². The molecule has 1 aliphatic rings. The van der Waals surface area contributed by atoms with Gasteiger partial charge in [-0.05, 0) is 51.8 Å². The van der Waals surface area contributed by atoms with Gasteiger partial charge in [0.2, 0.25) is 5.91 Å². The standard InChI is InChI=1S/C21H30ClN3O5/c1-21(2,3)30-20(28)23-10-7-18(26)25-11-8-15(9-12-25)24-19(27)16-13-14(22)5-6-17(16)29-4/h5-6,13,15H,7-12H2,1-4H3,(H,23,28)(H,24,27). The van der Waals surface area contributed by atoms with Crippen LogP contribution in [-0.2, 0) is 9.53 Å². The summed E-state index contributed by atoms with van der Waals surface area (Å²) in [5.74, 6) is 0.176. The Morgan fingerprint density at radius 1 is 1.20 bits per heavy atom. The number of carbonyl (C=O) groups excluding carboxylic acids is 3. The molecule has 166 valence electrons. The smallest absolute Gasteiger partial charge is 0.407 e. The second-order valence-electron chi connectivity index (χ2n) is 8.15. The lowest BCUT2D eigenvalue weighted by molar-refractivity contribution is -0.132. The topological polar surface area (TPSA) is 97.0 Å². The molecule has 1 fully saturated rings. The maximum absolute atomic E-state index is 12.6. The van der Waals surface area contributed by atoms with E-state index < -0.39 is 11.7 Å². The number of rotatable bonds is 6. The quantitative estimate of drug-likeness (QED) is 0.710. The second-order valence-corrected chi connectivity index (χ2v) is 8.59. The third-order valence-corrected chi connectivity index (χ3v) is 4.83. The third-order valence-electron chi connectivity index (χ3n) is 4.60. The number of hydrogen-bond donors (Lipinski definition) is 2. The monoisotopic (exact) mass is 439 g/mol. The molecule has 1 heterocycles. The summed E-state index contributed by atoms with van der Waals surface area (Å²) >= 11 is 5.99. The van der Waals surface area contributed by atoms with Crippen molar-refractivity contribution in [3.63, 3.8) is 0 Å². The van der Waals surface area contributed by atoms with Crippen LogP contribution >= 0.6 is 11.6 Å². The Bertz CT molecular complexity index is 770. The SMILES string of the molecule is COc1ccc(Cl)cc1C(=O)NC1CCN(C(=O)CCNC(=O)OC(C)(C)C)CC1. The van der Waals surface area contributed by atoms with Crippen LogP contribution in [0.25, 0.3) is 0 Å². The Hall–Kier alpha value is -2.48. The Morgan fingerprint density at radius 3 is 2.47 bits per heavy atom. The second kappa shape index (κ2) is 10.5. The van der Waals surface area contributed by atoms with Crippen LogP contribution in [0.1, 0.15) is 50.4 Å². The highest BCUT2D eigenvalue weighted by Crippen LogP contribution is 2.23. The fraction of sp³-hybridized carbons (Fsp3) is 0.571. The number of hydrogen-bond acceptors (Lipinski definition) is 5. The first-order chi connectivity index (χ1) is 14.1. The number of nitrogens with zero attached hydrogens (tertiary/aromatic N) is 1. The van der Waals surface area contributed by atoms with Gasteiger partial charge < -0.3 is 25.0 Å². The molecule has 8 nitrogen and oxygen atoms in total. The molecule has 0 saturated carbocycles. The van der Waals surface area contributed by atoms with E-state index in [9.17, 15) is 14.4 Å². The number of piperidine rings is 1. The summed E-state index contributed by atoms with van der Waals surface area (Å²) in [5.41, 5.74) is -0.188. The molecule has 2 rings (SSSR count). The van der Waals surface area contributed by atoms with E-state index in [0.717, 1.165) is 0 Å². The molecule has 0 spiro atoms. The maximum atomic E-state index is 12.6. The molecule has 0 aliphatic carbocycles. The van der Waals surface area contributed by atoms with Crippen LogP contribution in [0.15, 0.2) is 18.2 Å². The number of halogens is 1. The largest absolute Gasteiger partial charge is 0.496 e. The average Bonchev–Trinajstić information content (AvgIpc) is 2.67. The molecule has 1 aromatic rings. The van der Waals surface area contributed by atoms with Crippen molar-refractivity contribution in [1.82, 2.24) is 15.5 Å². The van der Waals surface area contributed by atoms with Crippen molar-refractivity contribution in [3.8, 4) is 5.75 Å². The molecule has 0 unspecified atom stereocenters. The summed E-state index contributed by atoms with van der Waals surface area (Å²) in [5, 5.41) is 6.04. The molecule has 0 atom stereocenters. The van der Waals surface area contributed by atoms with Crippen molar-refractivity contribution in [2.45, 2.75) is 51.7 Å².